The molecule has 0 saturated heterocycles. The van der Waals surface area contributed by atoms with E-state index in [1.165, 1.54) is 12.3 Å². The first-order valence-electron chi connectivity index (χ1n) is 11.8. The number of amides is 2. The Morgan fingerprint density at radius 3 is 2.42 bits per heavy atom. The van der Waals surface area contributed by atoms with Crippen LogP contribution in [0.5, 0.6) is 0 Å². The van der Waals surface area contributed by atoms with Gasteiger partial charge in [0.05, 0.1) is 24.3 Å². The van der Waals surface area contributed by atoms with Gasteiger partial charge in [0, 0.05) is 24.6 Å². The molecule has 0 aliphatic rings. The molecule has 202 valence electrons. The van der Waals surface area contributed by atoms with Gasteiger partial charge in [0.15, 0.2) is 5.78 Å². The molecule has 0 unspecified atom stereocenters. The van der Waals surface area contributed by atoms with Crippen LogP contribution in [0.1, 0.15) is 27.2 Å². The van der Waals surface area contributed by atoms with Gasteiger partial charge in [0.2, 0.25) is 21.8 Å². The van der Waals surface area contributed by atoms with Gasteiger partial charge >= 0.3 is 0 Å². The van der Waals surface area contributed by atoms with Crippen molar-refractivity contribution in [1.82, 2.24) is 15.0 Å². The first-order valence-corrected chi connectivity index (χ1v) is 13.3. The molecule has 2 aromatic carbocycles. The number of sulfonamides is 1. The summed E-state index contributed by atoms with van der Waals surface area (Å²) in [5, 5.41) is 2.99. The second-order valence-electron chi connectivity index (χ2n) is 9.04. The van der Waals surface area contributed by atoms with Crippen molar-refractivity contribution in [2.75, 3.05) is 18.0 Å². The quantitative estimate of drug-likeness (QED) is 0.381. The number of benzene rings is 2. The number of hydrogen-bond acceptors (Lipinski definition) is 6. The molecule has 1 heterocycles. The van der Waals surface area contributed by atoms with E-state index in [9.17, 15) is 31.6 Å². The summed E-state index contributed by atoms with van der Waals surface area (Å²) in [6.45, 7) is 3.51. The molecule has 2 amide bonds. The second kappa shape index (κ2) is 12.2. The Bertz CT molecular complexity index is 1460. The average molecular weight is 547 g/mol. The fourth-order valence-electron chi connectivity index (χ4n) is 3.92. The molecule has 1 atom stereocenters. The monoisotopic (exact) mass is 546 g/mol. The number of hydrogen-bond donors (Lipinski definition) is 2. The van der Waals surface area contributed by atoms with E-state index in [4.69, 9.17) is 0 Å². The minimum absolute atomic E-state index is 0.0935. The number of fused-ring (bicyclic) bond motifs is 1. The zero-order valence-electron chi connectivity index (χ0n) is 21.1. The van der Waals surface area contributed by atoms with Crippen molar-refractivity contribution in [2.45, 2.75) is 38.1 Å². The second-order valence-corrected chi connectivity index (χ2v) is 10.8. The Balaban J connectivity index is 1.71. The molecule has 0 radical (unpaired) electrons. The molecule has 1 aromatic heterocycles. The van der Waals surface area contributed by atoms with Crippen LogP contribution in [0.3, 0.4) is 0 Å². The number of para-hydroxylation sites is 1. The summed E-state index contributed by atoms with van der Waals surface area (Å²) < 4.78 is 56.1. The topological polar surface area (TPSA) is 126 Å². The van der Waals surface area contributed by atoms with Gasteiger partial charge in [-0.1, -0.05) is 32.0 Å². The number of carbonyl (C=O) groups is 3. The number of rotatable bonds is 11. The van der Waals surface area contributed by atoms with Crippen molar-refractivity contribution in [1.29, 1.82) is 0 Å². The van der Waals surface area contributed by atoms with Crippen LogP contribution in [0.25, 0.3) is 10.9 Å². The van der Waals surface area contributed by atoms with Gasteiger partial charge < -0.3 is 5.32 Å². The van der Waals surface area contributed by atoms with Gasteiger partial charge in [-0.3, -0.25) is 24.3 Å². The molecule has 0 bridgehead atoms. The summed E-state index contributed by atoms with van der Waals surface area (Å²) in [4.78, 5) is 42.8. The predicted molar refractivity (Wildman–Crippen MR) is 138 cm³/mol. The summed E-state index contributed by atoms with van der Waals surface area (Å²) in [6.07, 6.45) is 1.55. The highest BCUT2D eigenvalue weighted by molar-refractivity contribution is 7.89. The van der Waals surface area contributed by atoms with Crippen molar-refractivity contribution in [3.8, 4) is 0 Å². The largest absolute Gasteiger partial charge is 0.347 e. The third-order valence-corrected chi connectivity index (χ3v) is 7.05. The van der Waals surface area contributed by atoms with Crippen molar-refractivity contribution in [3.05, 3.63) is 66.4 Å². The SMILES string of the molecule is CC(=O)N(c1cc(F)ccc1F)[C@@H](CC(C)C)C(=O)NCC(=O)CNS(=O)(=O)c1cccc2cccnc12. The van der Waals surface area contributed by atoms with Gasteiger partial charge in [0.1, 0.15) is 22.6 Å². The van der Waals surface area contributed by atoms with Crippen LogP contribution in [-0.2, 0) is 24.4 Å². The first kappa shape index (κ1) is 28.8. The maximum Gasteiger partial charge on any atom is 0.243 e. The molecular formula is C26H28F2N4O5S. The van der Waals surface area contributed by atoms with E-state index in [1.807, 2.05) is 0 Å². The van der Waals surface area contributed by atoms with E-state index in [0.717, 1.165) is 30.0 Å². The van der Waals surface area contributed by atoms with Gasteiger partial charge in [0.25, 0.3) is 0 Å². The predicted octanol–water partition coefficient (Wildman–Crippen LogP) is 2.94. The van der Waals surface area contributed by atoms with Crippen molar-refractivity contribution in [3.63, 3.8) is 0 Å². The highest BCUT2D eigenvalue weighted by Crippen LogP contribution is 2.26. The van der Waals surface area contributed by atoms with Crippen LogP contribution in [0.15, 0.2) is 59.6 Å². The van der Waals surface area contributed by atoms with E-state index in [0.29, 0.717) is 5.39 Å². The number of carbonyl (C=O) groups excluding carboxylic acids is 3. The lowest BCUT2D eigenvalue weighted by molar-refractivity contribution is -0.127. The number of anilines is 1. The Labute approximate surface area is 219 Å². The molecule has 3 rings (SSSR count). The highest BCUT2D eigenvalue weighted by Gasteiger charge is 2.32. The average Bonchev–Trinajstić information content (AvgIpc) is 2.86. The first-order chi connectivity index (χ1) is 17.9. The van der Waals surface area contributed by atoms with Crippen LogP contribution in [0.2, 0.25) is 0 Å². The molecular weight excluding hydrogens is 518 g/mol. The summed E-state index contributed by atoms with van der Waals surface area (Å²) in [6, 6.07) is 9.32. The summed E-state index contributed by atoms with van der Waals surface area (Å²) in [7, 11) is -4.10. The molecule has 0 saturated carbocycles. The lowest BCUT2D eigenvalue weighted by atomic mass is 10.0. The highest BCUT2D eigenvalue weighted by atomic mass is 32.2. The number of halogens is 2. The van der Waals surface area contributed by atoms with Gasteiger partial charge in [-0.05, 0) is 36.6 Å². The van der Waals surface area contributed by atoms with Gasteiger partial charge in [-0.15, -0.1) is 0 Å². The van der Waals surface area contributed by atoms with E-state index in [2.05, 4.69) is 15.0 Å². The van der Waals surface area contributed by atoms with Crippen LogP contribution in [-0.4, -0.2) is 50.1 Å². The minimum atomic E-state index is -4.10. The molecule has 3 aromatic rings. The van der Waals surface area contributed by atoms with E-state index in [-0.39, 0.29) is 22.8 Å². The van der Waals surface area contributed by atoms with Crippen molar-refractivity contribution >= 4 is 44.2 Å². The number of aromatic nitrogens is 1. The van der Waals surface area contributed by atoms with E-state index in [1.54, 1.807) is 38.1 Å². The van der Waals surface area contributed by atoms with E-state index >= 15 is 0 Å². The maximum absolute atomic E-state index is 14.5. The van der Waals surface area contributed by atoms with E-state index < -0.39 is 64.1 Å². The summed E-state index contributed by atoms with van der Waals surface area (Å²) in [5.74, 6) is -3.94. The Morgan fingerprint density at radius 2 is 1.74 bits per heavy atom. The number of Topliss-reactive ketones (excluding diaryl/α,β-unsaturated/α-hetero) is 1. The standard InChI is InChI=1S/C26H28F2N4O5S/c1-16(2)12-23(32(17(3)33)22-13-19(27)9-10-21(22)28)26(35)30-14-20(34)15-31-38(36,37)24-8-4-6-18-7-5-11-29-25(18)24/h4-11,13,16,23,31H,12,14-15H2,1-3H3,(H,30,35)/t23-/m0/s1. The third kappa shape index (κ3) is 6.95. The molecule has 9 nitrogen and oxygen atoms in total. The number of pyridine rings is 1. The minimum Gasteiger partial charge on any atom is -0.347 e. The van der Waals surface area contributed by atoms with Crippen LogP contribution in [0, 0.1) is 17.6 Å². The van der Waals surface area contributed by atoms with Gasteiger partial charge in [-0.25, -0.2) is 21.9 Å². The molecule has 0 aliphatic carbocycles. The van der Waals surface area contributed by atoms with Crippen LogP contribution in [0.4, 0.5) is 14.5 Å². The van der Waals surface area contributed by atoms with Gasteiger partial charge in [-0.2, -0.15) is 0 Å². The lowest BCUT2D eigenvalue weighted by Gasteiger charge is -2.31. The lowest BCUT2D eigenvalue weighted by Crippen LogP contribution is -2.51. The third-order valence-electron chi connectivity index (χ3n) is 5.62. The fourth-order valence-corrected chi connectivity index (χ4v) is 5.11. The Morgan fingerprint density at radius 1 is 1.03 bits per heavy atom. The molecule has 0 aliphatic heterocycles. The summed E-state index contributed by atoms with van der Waals surface area (Å²) in [5.41, 5.74) is -0.158. The Kier molecular flexibility index (Phi) is 9.23. The smallest absolute Gasteiger partial charge is 0.243 e. The molecule has 2 N–H and O–H groups in total. The number of nitrogens with one attached hydrogen (secondary N) is 2. The molecule has 38 heavy (non-hydrogen) atoms. The fraction of sp³-hybridized carbons (Fsp3) is 0.308. The molecule has 0 spiro atoms. The maximum atomic E-state index is 14.5. The zero-order valence-corrected chi connectivity index (χ0v) is 21.9. The van der Waals surface area contributed by atoms with Crippen LogP contribution < -0.4 is 14.9 Å². The number of ketones is 1. The Hall–Kier alpha value is -3.77. The van der Waals surface area contributed by atoms with Crippen LogP contribution >= 0.6 is 0 Å². The van der Waals surface area contributed by atoms with Crippen molar-refractivity contribution in [2.24, 2.45) is 5.92 Å². The van der Waals surface area contributed by atoms with Crippen molar-refractivity contribution < 1.29 is 31.6 Å². The number of nitrogens with zero attached hydrogens (tertiary/aromatic N) is 2. The normalized spacial score (nSPS) is 12.4. The molecule has 12 heteroatoms. The summed E-state index contributed by atoms with van der Waals surface area (Å²) >= 11 is 0. The zero-order chi connectivity index (χ0) is 28.0. The molecule has 0 fully saturated rings.